The summed E-state index contributed by atoms with van der Waals surface area (Å²) in [5.41, 5.74) is 7.74. The molecular formula is C81H119N9O29. The van der Waals surface area contributed by atoms with Gasteiger partial charge in [-0.3, -0.25) is 53.0 Å². The SMILES string of the molecule is COCCOCCOCCOCCOCCOCCOCCOCCOCCOCCOCCOCCC(=O)NCCCC[C@H](NC(=O)[C@H](CN)N1C(=O)C=CC1=O)C(=O)NCCC(=O)Nc1cc(COC(=O)Cc2cccc(C(=O)N3CCC(CCCCNC(=O)/C=C/c4cccnc4)CC3)c2)ccc1O[C@@H]1O[C@H](C(=O)O)[C@@H](O)[C@H](O)[C@H]1O. The van der Waals surface area contributed by atoms with Gasteiger partial charge in [-0.1, -0.05) is 37.1 Å². The van der Waals surface area contributed by atoms with Crippen LogP contribution in [0, 0.1) is 5.92 Å². The summed E-state index contributed by atoms with van der Waals surface area (Å²) >= 11 is 0. The third-order valence-electron chi connectivity index (χ3n) is 18.5. The molecule has 3 aliphatic rings. The van der Waals surface area contributed by atoms with Crippen molar-refractivity contribution in [3.8, 4) is 5.75 Å². The number of piperidine rings is 1. The highest BCUT2D eigenvalue weighted by Gasteiger charge is 2.48. The number of amides is 8. The smallest absolute Gasteiger partial charge is 0.335 e. The number of likely N-dealkylation sites (tertiary alicyclic amines) is 1. The van der Waals surface area contributed by atoms with Gasteiger partial charge in [0.2, 0.25) is 35.8 Å². The molecule has 0 bridgehead atoms. The van der Waals surface area contributed by atoms with Crippen LogP contribution in [0.4, 0.5) is 5.69 Å². The van der Waals surface area contributed by atoms with Crippen molar-refractivity contribution in [2.24, 2.45) is 11.7 Å². The highest BCUT2D eigenvalue weighted by molar-refractivity contribution is 6.15. The Labute approximate surface area is 692 Å². The molecule has 38 nitrogen and oxygen atoms in total. The highest BCUT2D eigenvalue weighted by atomic mass is 16.7. The van der Waals surface area contributed by atoms with Crippen LogP contribution in [0.15, 0.2) is 85.2 Å². The van der Waals surface area contributed by atoms with Crippen molar-refractivity contribution in [2.45, 2.75) is 120 Å². The number of nitrogens with zero attached hydrogens (tertiary/aromatic N) is 3. The van der Waals surface area contributed by atoms with Crippen molar-refractivity contribution in [3.05, 3.63) is 107 Å². The summed E-state index contributed by atoms with van der Waals surface area (Å²) in [7, 11) is 1.63. The van der Waals surface area contributed by atoms with Crippen LogP contribution < -0.4 is 37.1 Å². The Bertz CT molecular complexity index is 3540. The van der Waals surface area contributed by atoms with E-state index in [1.54, 1.807) is 60.8 Å². The molecule has 2 saturated heterocycles. The molecular weight excluding hydrogens is 1560 g/mol. The Balaban J connectivity index is 0.856. The molecule has 119 heavy (non-hydrogen) atoms. The number of methoxy groups -OCH3 is 1. The summed E-state index contributed by atoms with van der Waals surface area (Å²) in [6.45, 7) is 10.1. The van der Waals surface area contributed by atoms with Crippen LogP contribution in [0.2, 0.25) is 0 Å². The number of ether oxygens (including phenoxy) is 15. The van der Waals surface area contributed by atoms with Crippen molar-refractivity contribution >= 4 is 71.0 Å². The van der Waals surface area contributed by atoms with E-state index in [9.17, 15) is 68.4 Å². The van der Waals surface area contributed by atoms with E-state index in [1.807, 2.05) is 6.07 Å². The van der Waals surface area contributed by atoms with E-state index in [4.69, 9.17) is 76.8 Å². The summed E-state index contributed by atoms with van der Waals surface area (Å²) in [4.78, 5) is 137. The van der Waals surface area contributed by atoms with Gasteiger partial charge < -0.3 is 129 Å². The van der Waals surface area contributed by atoms with Gasteiger partial charge in [-0.25, -0.2) is 4.79 Å². The third-order valence-corrected chi connectivity index (χ3v) is 18.5. The first-order valence-electron chi connectivity index (χ1n) is 40.2. The molecule has 3 aliphatic heterocycles. The quantitative estimate of drug-likeness (QED) is 0.0156. The van der Waals surface area contributed by atoms with Crippen molar-refractivity contribution in [2.75, 3.05) is 204 Å². The zero-order valence-corrected chi connectivity index (χ0v) is 67.7. The second kappa shape index (κ2) is 59.7. The normalized spacial score (nSPS) is 17.3. The molecule has 7 atom stereocenters. The number of pyridine rings is 1. The molecule has 38 heteroatoms. The van der Waals surface area contributed by atoms with Gasteiger partial charge >= 0.3 is 11.9 Å². The summed E-state index contributed by atoms with van der Waals surface area (Å²) in [6.07, 6.45) is 2.70. The molecule has 11 N–H and O–H groups in total. The number of anilines is 1. The average molecular weight is 1680 g/mol. The number of hydrogen-bond acceptors (Lipinski definition) is 30. The Morgan fingerprint density at radius 3 is 1.71 bits per heavy atom. The lowest BCUT2D eigenvalue weighted by atomic mass is 9.91. The second-order valence-electron chi connectivity index (χ2n) is 27.5. The maximum Gasteiger partial charge on any atom is 0.335 e. The Kier molecular flexibility index (Phi) is 49.6. The van der Waals surface area contributed by atoms with Crippen LogP contribution in [-0.4, -0.2) is 336 Å². The van der Waals surface area contributed by atoms with Crippen LogP contribution >= 0.6 is 0 Å². The molecule has 1 aromatic heterocycles. The van der Waals surface area contributed by atoms with Crippen molar-refractivity contribution in [1.82, 2.24) is 36.1 Å². The average Bonchev–Trinajstić information content (AvgIpc) is 1.37. The van der Waals surface area contributed by atoms with Gasteiger partial charge in [0.25, 0.3) is 17.7 Å². The predicted molar refractivity (Wildman–Crippen MR) is 424 cm³/mol. The van der Waals surface area contributed by atoms with Crippen molar-refractivity contribution in [1.29, 1.82) is 0 Å². The monoisotopic (exact) mass is 1680 g/mol. The zero-order valence-electron chi connectivity index (χ0n) is 67.7. The summed E-state index contributed by atoms with van der Waals surface area (Å²) in [5, 5.41) is 54.9. The number of benzene rings is 2. The molecule has 0 saturated carbocycles. The van der Waals surface area contributed by atoms with E-state index >= 15 is 0 Å². The number of carbonyl (C=O) groups is 10. The molecule has 6 rings (SSSR count). The van der Waals surface area contributed by atoms with Gasteiger partial charge in [0.1, 0.15) is 42.8 Å². The van der Waals surface area contributed by atoms with Gasteiger partial charge in [0.15, 0.2) is 6.10 Å². The van der Waals surface area contributed by atoms with E-state index in [0.29, 0.717) is 180 Å². The lowest BCUT2D eigenvalue weighted by Gasteiger charge is -2.38. The minimum Gasteiger partial charge on any atom is -0.479 e. The summed E-state index contributed by atoms with van der Waals surface area (Å²) in [6, 6.07) is 11.5. The zero-order chi connectivity index (χ0) is 85.5. The molecule has 0 unspecified atom stereocenters. The maximum atomic E-state index is 13.9. The van der Waals surface area contributed by atoms with Gasteiger partial charge in [0.05, 0.1) is 164 Å². The van der Waals surface area contributed by atoms with Crippen LogP contribution in [0.3, 0.4) is 0 Å². The molecule has 8 amide bonds. The molecule has 662 valence electrons. The summed E-state index contributed by atoms with van der Waals surface area (Å²) in [5.74, 6) is -6.89. The Hall–Kier alpha value is -8.91. The van der Waals surface area contributed by atoms with Crippen molar-refractivity contribution in [3.63, 3.8) is 0 Å². The second-order valence-corrected chi connectivity index (χ2v) is 27.5. The van der Waals surface area contributed by atoms with E-state index < -0.39 is 97.2 Å². The number of rotatable bonds is 65. The number of unbranched alkanes of at least 4 members (excludes halogenated alkanes) is 2. The van der Waals surface area contributed by atoms with E-state index in [1.165, 1.54) is 24.3 Å². The highest BCUT2D eigenvalue weighted by Crippen LogP contribution is 2.32. The standard InChI is InChI=1S/C81H119N9O29/c1-105-30-31-107-34-35-109-38-39-111-42-43-113-46-47-115-50-51-116-49-48-114-45-44-112-41-40-110-37-36-108-33-32-106-29-22-68(92)85-25-5-3-12-63(88-78(101)65(55-82)90-70(94)17-18-71(90)95)77(100)86-26-19-69(93)87-64-53-61(13-15-66(64)118-81-75(99)73(97)74(98)76(119-81)80(103)104)57-117-72(96)54-60-9-6-11-62(52-60)79(102)89-27-20-58(21-28-89)8-2-4-24-84-67(91)16-14-59-10-7-23-83-56-59/h6-7,9-11,13-18,23,52-53,56,58,63,65,73-76,81,97-99H,2-5,8,12,19-22,24-51,54-55,57,82H2,1H3,(H,84,91)(H,85,92)(H,86,100)(H,87,93)(H,88,101)(H,103,104)/b16-14+/t63-,65-,73-,74-,75+,76-,81+/m0/s1. The van der Waals surface area contributed by atoms with E-state index in [0.717, 1.165) is 49.8 Å². The first-order valence-corrected chi connectivity index (χ1v) is 40.2. The maximum absolute atomic E-state index is 13.9. The van der Waals surface area contributed by atoms with Gasteiger partial charge in [-0.05, 0) is 97.5 Å². The van der Waals surface area contributed by atoms with Crippen LogP contribution in [0.1, 0.15) is 91.3 Å². The number of aliphatic carboxylic acids is 1. The molecule has 2 aromatic carbocycles. The van der Waals surface area contributed by atoms with Gasteiger partial charge in [0, 0.05) is 95.4 Å². The fourth-order valence-corrected chi connectivity index (χ4v) is 12.0. The number of esters is 1. The van der Waals surface area contributed by atoms with Crippen molar-refractivity contribution < 1.29 is 139 Å². The largest absolute Gasteiger partial charge is 0.479 e. The number of nitrogens with one attached hydrogen (secondary N) is 5. The number of aliphatic hydroxyl groups is 3. The van der Waals surface area contributed by atoms with Crippen LogP contribution in [-0.2, 0) is 122 Å². The minimum absolute atomic E-state index is 0.0253. The van der Waals surface area contributed by atoms with E-state index in [-0.39, 0.29) is 99.9 Å². The van der Waals surface area contributed by atoms with Crippen LogP contribution in [0.25, 0.3) is 6.08 Å². The lowest BCUT2D eigenvalue weighted by molar-refractivity contribution is -0.271. The minimum atomic E-state index is -2.05. The number of carboxylic acids is 1. The topological polar surface area (TPSA) is 496 Å². The number of carboxylic acid groups (broad SMARTS) is 1. The molecule has 0 aliphatic carbocycles. The van der Waals surface area contributed by atoms with Gasteiger partial charge in [-0.2, -0.15) is 0 Å². The van der Waals surface area contributed by atoms with Gasteiger partial charge in [-0.15, -0.1) is 0 Å². The lowest BCUT2D eigenvalue weighted by Crippen LogP contribution is -2.61. The number of aliphatic hydroxyl groups excluding tert-OH is 3. The Morgan fingerprint density at radius 1 is 0.597 bits per heavy atom. The predicted octanol–water partition coefficient (Wildman–Crippen LogP) is 0.178. The first-order chi connectivity index (χ1) is 57.8. The molecule has 0 spiro atoms. The summed E-state index contributed by atoms with van der Waals surface area (Å²) < 4.78 is 82.1. The molecule has 3 aromatic rings. The van der Waals surface area contributed by atoms with E-state index in [2.05, 4.69) is 31.6 Å². The fraction of sp³-hybridized carbons (Fsp3) is 0.617. The first kappa shape index (κ1) is 98.9. The van der Waals surface area contributed by atoms with Crippen LogP contribution in [0.5, 0.6) is 5.75 Å². The number of carbonyl (C=O) groups excluding carboxylic acids is 9. The molecule has 2 fully saturated rings. The number of nitrogens with two attached hydrogens (primary N) is 1. The third kappa shape index (κ3) is 40.3. The number of hydrogen-bond donors (Lipinski definition) is 10. The Morgan fingerprint density at radius 2 is 1.16 bits per heavy atom. The molecule has 0 radical (unpaired) electrons. The number of aromatic nitrogens is 1. The number of imide groups is 1. The fourth-order valence-electron chi connectivity index (χ4n) is 12.0. The molecule has 4 heterocycles.